The lowest BCUT2D eigenvalue weighted by molar-refractivity contribution is 0.187. The molecule has 1 aromatic rings. The zero-order chi connectivity index (χ0) is 10.6. The number of carbonyl (C=O) groups is 1. The average Bonchev–Trinajstić information content (AvgIpc) is 2.16. The third-order valence-electron chi connectivity index (χ3n) is 1.46. The standard InChI is InChI=1S/C9H7BrN2O2/c1-14-9(13)12-8-3-6(5-11)2-7(10)4-8/h2-4H,1H3,(H,12,13). The Balaban J connectivity index is 2.93. The summed E-state index contributed by atoms with van der Waals surface area (Å²) >= 11 is 3.22. The van der Waals surface area contributed by atoms with Crippen molar-refractivity contribution in [2.24, 2.45) is 0 Å². The number of hydrogen-bond donors (Lipinski definition) is 1. The summed E-state index contributed by atoms with van der Waals surface area (Å²) < 4.78 is 5.14. The third-order valence-corrected chi connectivity index (χ3v) is 1.92. The van der Waals surface area contributed by atoms with Gasteiger partial charge in [-0.3, -0.25) is 5.32 Å². The van der Waals surface area contributed by atoms with Crippen LogP contribution in [0, 0.1) is 11.3 Å². The van der Waals surface area contributed by atoms with E-state index in [4.69, 9.17) is 5.26 Å². The molecular formula is C9H7BrN2O2. The number of ether oxygens (including phenoxy) is 1. The second kappa shape index (κ2) is 4.63. The number of nitrogens with zero attached hydrogens (tertiary/aromatic N) is 1. The van der Waals surface area contributed by atoms with Crippen LogP contribution in [0.3, 0.4) is 0 Å². The van der Waals surface area contributed by atoms with Crippen LogP contribution in [0.4, 0.5) is 10.5 Å². The molecule has 0 saturated carbocycles. The van der Waals surface area contributed by atoms with Gasteiger partial charge in [-0.1, -0.05) is 15.9 Å². The maximum Gasteiger partial charge on any atom is 0.411 e. The number of amides is 1. The number of anilines is 1. The van der Waals surface area contributed by atoms with Gasteiger partial charge < -0.3 is 4.74 Å². The van der Waals surface area contributed by atoms with E-state index in [9.17, 15) is 4.79 Å². The molecule has 0 aliphatic heterocycles. The lowest BCUT2D eigenvalue weighted by atomic mass is 10.2. The Labute approximate surface area is 89.6 Å². The highest BCUT2D eigenvalue weighted by Crippen LogP contribution is 2.19. The Morgan fingerprint density at radius 1 is 1.57 bits per heavy atom. The zero-order valence-electron chi connectivity index (χ0n) is 7.37. The third kappa shape index (κ3) is 2.75. The van der Waals surface area contributed by atoms with Crippen molar-refractivity contribution >= 4 is 27.7 Å². The summed E-state index contributed by atoms with van der Waals surface area (Å²) in [7, 11) is 1.28. The summed E-state index contributed by atoms with van der Waals surface area (Å²) in [5.74, 6) is 0. The molecule has 0 unspecified atom stereocenters. The van der Waals surface area contributed by atoms with Crippen molar-refractivity contribution in [1.82, 2.24) is 0 Å². The maximum atomic E-state index is 10.9. The minimum absolute atomic E-state index is 0.464. The summed E-state index contributed by atoms with van der Waals surface area (Å²) in [6.45, 7) is 0. The van der Waals surface area contributed by atoms with Gasteiger partial charge in [0.05, 0.1) is 18.7 Å². The van der Waals surface area contributed by atoms with Crippen LogP contribution in [-0.4, -0.2) is 13.2 Å². The van der Waals surface area contributed by atoms with Gasteiger partial charge in [-0.2, -0.15) is 5.26 Å². The fraction of sp³-hybridized carbons (Fsp3) is 0.111. The van der Waals surface area contributed by atoms with E-state index in [2.05, 4.69) is 26.0 Å². The van der Waals surface area contributed by atoms with E-state index in [0.29, 0.717) is 11.3 Å². The molecule has 0 spiro atoms. The number of nitriles is 1. The maximum absolute atomic E-state index is 10.9. The minimum atomic E-state index is -0.563. The summed E-state index contributed by atoms with van der Waals surface area (Å²) in [5, 5.41) is 11.1. The molecule has 0 radical (unpaired) electrons. The first-order chi connectivity index (χ1) is 6.65. The molecule has 1 N–H and O–H groups in total. The van der Waals surface area contributed by atoms with Gasteiger partial charge in [0.25, 0.3) is 0 Å². The second-order valence-electron chi connectivity index (χ2n) is 2.46. The van der Waals surface area contributed by atoms with Crippen LogP contribution in [0.2, 0.25) is 0 Å². The van der Waals surface area contributed by atoms with Crippen molar-refractivity contribution in [3.8, 4) is 6.07 Å². The highest BCUT2D eigenvalue weighted by molar-refractivity contribution is 9.10. The highest BCUT2D eigenvalue weighted by Gasteiger charge is 2.02. The molecule has 1 rings (SSSR count). The van der Waals surface area contributed by atoms with Crippen LogP contribution in [0.25, 0.3) is 0 Å². The molecule has 5 heteroatoms. The van der Waals surface area contributed by atoms with Gasteiger partial charge in [0.15, 0.2) is 0 Å². The van der Waals surface area contributed by atoms with E-state index in [-0.39, 0.29) is 0 Å². The topological polar surface area (TPSA) is 62.1 Å². The Morgan fingerprint density at radius 2 is 2.29 bits per heavy atom. The van der Waals surface area contributed by atoms with E-state index >= 15 is 0 Å². The summed E-state index contributed by atoms with van der Waals surface area (Å²) in [5.41, 5.74) is 0.980. The molecule has 4 nitrogen and oxygen atoms in total. The van der Waals surface area contributed by atoms with Gasteiger partial charge in [0.1, 0.15) is 0 Å². The second-order valence-corrected chi connectivity index (χ2v) is 3.37. The van der Waals surface area contributed by atoms with Crippen molar-refractivity contribution in [3.05, 3.63) is 28.2 Å². The fourth-order valence-electron chi connectivity index (χ4n) is 0.895. The van der Waals surface area contributed by atoms with Crippen molar-refractivity contribution in [2.75, 3.05) is 12.4 Å². The van der Waals surface area contributed by atoms with E-state index in [1.807, 2.05) is 6.07 Å². The number of nitrogens with one attached hydrogen (secondary N) is 1. The average molecular weight is 255 g/mol. The molecule has 1 aromatic carbocycles. The number of methoxy groups -OCH3 is 1. The Hall–Kier alpha value is -1.54. The number of benzene rings is 1. The predicted octanol–water partition coefficient (Wildman–Crippen LogP) is 2.50. The lowest BCUT2D eigenvalue weighted by Gasteiger charge is -2.04. The quantitative estimate of drug-likeness (QED) is 0.838. The van der Waals surface area contributed by atoms with Gasteiger partial charge in [-0.25, -0.2) is 4.79 Å². The molecule has 0 saturated heterocycles. The van der Waals surface area contributed by atoms with Crippen LogP contribution in [0.15, 0.2) is 22.7 Å². The molecule has 0 aliphatic rings. The fourth-order valence-corrected chi connectivity index (χ4v) is 1.39. The summed E-state index contributed by atoms with van der Waals surface area (Å²) in [6.07, 6.45) is -0.563. The number of hydrogen-bond acceptors (Lipinski definition) is 3. The Bertz CT molecular complexity index is 398. The van der Waals surface area contributed by atoms with E-state index in [1.54, 1.807) is 18.2 Å². The van der Waals surface area contributed by atoms with Crippen LogP contribution in [0.5, 0.6) is 0 Å². The number of halogens is 1. The summed E-state index contributed by atoms with van der Waals surface area (Å²) in [4.78, 5) is 10.9. The predicted molar refractivity (Wildman–Crippen MR) is 54.9 cm³/mol. The molecule has 0 aromatic heterocycles. The number of rotatable bonds is 1. The van der Waals surface area contributed by atoms with Gasteiger partial charge in [0, 0.05) is 10.2 Å². The van der Waals surface area contributed by atoms with E-state index in [0.717, 1.165) is 4.47 Å². The van der Waals surface area contributed by atoms with Gasteiger partial charge in [0.2, 0.25) is 0 Å². The highest BCUT2D eigenvalue weighted by atomic mass is 79.9. The molecule has 0 atom stereocenters. The lowest BCUT2D eigenvalue weighted by Crippen LogP contribution is -2.10. The van der Waals surface area contributed by atoms with E-state index < -0.39 is 6.09 Å². The van der Waals surface area contributed by atoms with Crippen LogP contribution in [0.1, 0.15) is 5.56 Å². The largest absolute Gasteiger partial charge is 0.453 e. The molecule has 1 amide bonds. The molecule has 0 heterocycles. The minimum Gasteiger partial charge on any atom is -0.453 e. The van der Waals surface area contributed by atoms with Crippen molar-refractivity contribution in [1.29, 1.82) is 5.26 Å². The van der Waals surface area contributed by atoms with Crippen LogP contribution >= 0.6 is 15.9 Å². The molecule has 14 heavy (non-hydrogen) atoms. The molecule has 72 valence electrons. The van der Waals surface area contributed by atoms with Crippen molar-refractivity contribution < 1.29 is 9.53 Å². The Kier molecular flexibility index (Phi) is 3.48. The monoisotopic (exact) mass is 254 g/mol. The molecule has 0 fully saturated rings. The molecular weight excluding hydrogens is 248 g/mol. The first-order valence-electron chi connectivity index (χ1n) is 3.71. The number of carbonyl (C=O) groups excluding carboxylic acids is 1. The zero-order valence-corrected chi connectivity index (χ0v) is 8.96. The smallest absolute Gasteiger partial charge is 0.411 e. The van der Waals surface area contributed by atoms with Gasteiger partial charge >= 0.3 is 6.09 Å². The Morgan fingerprint density at radius 3 is 2.86 bits per heavy atom. The van der Waals surface area contributed by atoms with Gasteiger partial charge in [-0.15, -0.1) is 0 Å². The first-order valence-corrected chi connectivity index (χ1v) is 4.50. The van der Waals surface area contributed by atoms with E-state index in [1.165, 1.54) is 7.11 Å². The van der Waals surface area contributed by atoms with Gasteiger partial charge in [-0.05, 0) is 18.2 Å². The molecule has 0 aliphatic carbocycles. The van der Waals surface area contributed by atoms with Crippen LogP contribution < -0.4 is 5.32 Å². The molecule has 0 bridgehead atoms. The van der Waals surface area contributed by atoms with Crippen molar-refractivity contribution in [3.63, 3.8) is 0 Å². The SMILES string of the molecule is COC(=O)Nc1cc(Br)cc(C#N)c1. The first kappa shape index (κ1) is 10.5. The van der Waals surface area contributed by atoms with Crippen molar-refractivity contribution in [2.45, 2.75) is 0 Å². The van der Waals surface area contributed by atoms with Crippen LogP contribution in [-0.2, 0) is 4.74 Å². The summed E-state index contributed by atoms with van der Waals surface area (Å²) in [6, 6.07) is 6.87. The normalized spacial score (nSPS) is 8.93.